The van der Waals surface area contributed by atoms with Gasteiger partial charge in [-0.15, -0.1) is 0 Å². The second-order valence-corrected chi connectivity index (χ2v) is 5.61. The monoisotopic (exact) mass is 336 g/mol. The SMILES string of the molecule is CC[C@@H](NC(=O)Cc1ccc(C(F)(F)F)cc1)c1ncccc1C. The number of carbonyl (C=O) groups is 1. The average molecular weight is 336 g/mol. The van der Waals surface area contributed by atoms with Crippen molar-refractivity contribution in [1.29, 1.82) is 0 Å². The van der Waals surface area contributed by atoms with E-state index in [0.717, 1.165) is 23.4 Å². The quantitative estimate of drug-likeness (QED) is 0.888. The highest BCUT2D eigenvalue weighted by Gasteiger charge is 2.30. The van der Waals surface area contributed by atoms with Crippen LogP contribution < -0.4 is 5.32 Å². The van der Waals surface area contributed by atoms with Gasteiger partial charge in [-0.2, -0.15) is 13.2 Å². The Morgan fingerprint density at radius 3 is 2.42 bits per heavy atom. The zero-order valence-electron chi connectivity index (χ0n) is 13.5. The standard InChI is InChI=1S/C18H19F3N2O/c1-3-15(17-12(2)5-4-10-22-17)23-16(24)11-13-6-8-14(9-7-13)18(19,20)21/h4-10,15H,3,11H2,1-2H3,(H,23,24)/t15-/m1/s1. The molecule has 0 aliphatic rings. The molecular weight excluding hydrogens is 317 g/mol. The van der Waals surface area contributed by atoms with E-state index >= 15 is 0 Å². The fraction of sp³-hybridized carbons (Fsp3) is 0.333. The molecule has 0 saturated heterocycles. The van der Waals surface area contributed by atoms with Crippen molar-refractivity contribution in [3.8, 4) is 0 Å². The lowest BCUT2D eigenvalue weighted by Gasteiger charge is -2.18. The fourth-order valence-electron chi connectivity index (χ4n) is 2.47. The number of carbonyl (C=O) groups excluding carboxylic acids is 1. The van der Waals surface area contributed by atoms with Gasteiger partial charge < -0.3 is 5.32 Å². The van der Waals surface area contributed by atoms with Gasteiger partial charge in [0.1, 0.15) is 0 Å². The van der Waals surface area contributed by atoms with E-state index in [1.54, 1.807) is 6.20 Å². The second-order valence-electron chi connectivity index (χ2n) is 5.61. The lowest BCUT2D eigenvalue weighted by atomic mass is 10.0. The van der Waals surface area contributed by atoms with Crippen LogP contribution in [0.4, 0.5) is 13.2 Å². The molecule has 0 unspecified atom stereocenters. The van der Waals surface area contributed by atoms with Crippen molar-refractivity contribution in [2.24, 2.45) is 0 Å². The Labute approximate surface area is 138 Å². The number of amides is 1. The number of hydrogen-bond donors (Lipinski definition) is 1. The molecular formula is C18H19F3N2O. The minimum absolute atomic E-state index is 0.0283. The number of nitrogens with zero attached hydrogens (tertiary/aromatic N) is 1. The summed E-state index contributed by atoms with van der Waals surface area (Å²) in [5.74, 6) is -0.244. The average Bonchev–Trinajstić information content (AvgIpc) is 2.53. The molecule has 0 saturated carbocycles. The molecule has 0 bridgehead atoms. The minimum Gasteiger partial charge on any atom is -0.347 e. The van der Waals surface area contributed by atoms with Gasteiger partial charge in [0, 0.05) is 6.20 Å². The first-order chi connectivity index (χ1) is 11.3. The highest BCUT2D eigenvalue weighted by molar-refractivity contribution is 5.79. The maximum atomic E-state index is 12.5. The molecule has 24 heavy (non-hydrogen) atoms. The zero-order chi connectivity index (χ0) is 17.7. The van der Waals surface area contributed by atoms with Crippen molar-refractivity contribution in [3.05, 3.63) is 65.0 Å². The number of aryl methyl sites for hydroxylation is 1. The molecule has 1 N–H and O–H groups in total. The summed E-state index contributed by atoms with van der Waals surface area (Å²) in [5, 5.41) is 2.89. The number of hydrogen-bond acceptors (Lipinski definition) is 2. The normalized spacial score (nSPS) is 12.7. The van der Waals surface area contributed by atoms with E-state index in [2.05, 4.69) is 10.3 Å². The smallest absolute Gasteiger partial charge is 0.347 e. The minimum atomic E-state index is -4.37. The van der Waals surface area contributed by atoms with E-state index in [9.17, 15) is 18.0 Å². The summed E-state index contributed by atoms with van der Waals surface area (Å²) in [6, 6.07) is 8.17. The van der Waals surface area contributed by atoms with Crippen LogP contribution in [0.15, 0.2) is 42.6 Å². The molecule has 2 aromatic rings. The molecule has 3 nitrogen and oxygen atoms in total. The summed E-state index contributed by atoms with van der Waals surface area (Å²) in [4.78, 5) is 16.5. The number of aromatic nitrogens is 1. The van der Waals surface area contributed by atoms with E-state index in [1.807, 2.05) is 26.0 Å². The maximum absolute atomic E-state index is 12.5. The third kappa shape index (κ3) is 4.57. The Kier molecular flexibility index (Phi) is 5.59. The fourth-order valence-corrected chi connectivity index (χ4v) is 2.47. The van der Waals surface area contributed by atoms with E-state index in [0.29, 0.717) is 12.0 Å². The lowest BCUT2D eigenvalue weighted by Crippen LogP contribution is -2.30. The van der Waals surface area contributed by atoms with Gasteiger partial charge in [0.15, 0.2) is 0 Å². The predicted molar refractivity (Wildman–Crippen MR) is 85.3 cm³/mol. The van der Waals surface area contributed by atoms with Gasteiger partial charge in [-0.05, 0) is 42.7 Å². The van der Waals surface area contributed by atoms with Crippen LogP contribution in [-0.4, -0.2) is 10.9 Å². The molecule has 1 aromatic heterocycles. The van der Waals surface area contributed by atoms with Gasteiger partial charge in [0.2, 0.25) is 5.91 Å². The topological polar surface area (TPSA) is 42.0 Å². The second kappa shape index (κ2) is 7.47. The van der Waals surface area contributed by atoms with Crippen LogP contribution in [0.25, 0.3) is 0 Å². The Morgan fingerprint density at radius 1 is 1.21 bits per heavy atom. The summed E-state index contributed by atoms with van der Waals surface area (Å²) < 4.78 is 37.6. The zero-order valence-corrected chi connectivity index (χ0v) is 13.5. The van der Waals surface area contributed by atoms with Crippen LogP contribution in [-0.2, 0) is 17.4 Å². The molecule has 0 radical (unpaired) electrons. The van der Waals surface area contributed by atoms with Crippen LogP contribution in [0.3, 0.4) is 0 Å². The first-order valence-electron chi connectivity index (χ1n) is 7.68. The van der Waals surface area contributed by atoms with Gasteiger partial charge in [-0.1, -0.05) is 25.1 Å². The maximum Gasteiger partial charge on any atom is 0.416 e. The highest BCUT2D eigenvalue weighted by atomic mass is 19.4. The molecule has 6 heteroatoms. The first-order valence-corrected chi connectivity index (χ1v) is 7.68. The van der Waals surface area contributed by atoms with E-state index < -0.39 is 11.7 Å². The van der Waals surface area contributed by atoms with Crippen LogP contribution in [0.1, 0.15) is 41.8 Å². The first kappa shape index (κ1) is 18.0. The molecule has 0 fully saturated rings. The van der Waals surface area contributed by atoms with E-state index in [4.69, 9.17) is 0 Å². The summed E-state index contributed by atoms with van der Waals surface area (Å²) in [7, 11) is 0. The Hall–Kier alpha value is -2.37. The van der Waals surface area contributed by atoms with Crippen LogP contribution in [0, 0.1) is 6.92 Å². The lowest BCUT2D eigenvalue weighted by molar-refractivity contribution is -0.137. The molecule has 0 spiro atoms. The summed E-state index contributed by atoms with van der Waals surface area (Å²) in [5.41, 5.74) is 1.61. The van der Waals surface area contributed by atoms with Crippen molar-refractivity contribution in [2.75, 3.05) is 0 Å². The molecule has 128 valence electrons. The number of halogens is 3. The molecule has 1 amide bonds. The molecule has 0 aliphatic carbocycles. The highest BCUT2D eigenvalue weighted by Crippen LogP contribution is 2.29. The van der Waals surface area contributed by atoms with Crippen molar-refractivity contribution in [2.45, 2.75) is 38.9 Å². The van der Waals surface area contributed by atoms with Crippen molar-refractivity contribution in [3.63, 3.8) is 0 Å². The van der Waals surface area contributed by atoms with Crippen LogP contribution in [0.5, 0.6) is 0 Å². The largest absolute Gasteiger partial charge is 0.416 e. The summed E-state index contributed by atoms with van der Waals surface area (Å²) in [6.07, 6.45) is -1.99. The third-order valence-corrected chi connectivity index (χ3v) is 3.77. The van der Waals surface area contributed by atoms with Crippen molar-refractivity contribution >= 4 is 5.91 Å². The summed E-state index contributed by atoms with van der Waals surface area (Å²) >= 11 is 0. The van der Waals surface area contributed by atoms with Gasteiger partial charge in [0.25, 0.3) is 0 Å². The molecule has 1 atom stereocenters. The molecule has 0 aliphatic heterocycles. The van der Waals surface area contributed by atoms with Gasteiger partial charge in [0.05, 0.1) is 23.7 Å². The third-order valence-electron chi connectivity index (χ3n) is 3.77. The number of nitrogens with one attached hydrogen (secondary N) is 1. The Bertz CT molecular complexity index is 696. The van der Waals surface area contributed by atoms with E-state index in [1.165, 1.54) is 12.1 Å². The molecule has 1 heterocycles. The Balaban J connectivity index is 2.03. The predicted octanol–water partition coefficient (Wildman–Crippen LogP) is 4.22. The molecule has 1 aromatic carbocycles. The van der Waals surface area contributed by atoms with Crippen molar-refractivity contribution in [1.82, 2.24) is 10.3 Å². The Morgan fingerprint density at radius 2 is 1.88 bits per heavy atom. The number of alkyl halides is 3. The number of pyridine rings is 1. The van der Waals surface area contributed by atoms with Crippen LogP contribution >= 0.6 is 0 Å². The van der Waals surface area contributed by atoms with Gasteiger partial charge >= 0.3 is 6.18 Å². The number of rotatable bonds is 5. The number of benzene rings is 1. The van der Waals surface area contributed by atoms with Crippen molar-refractivity contribution < 1.29 is 18.0 Å². The van der Waals surface area contributed by atoms with Crippen LogP contribution in [0.2, 0.25) is 0 Å². The van der Waals surface area contributed by atoms with Gasteiger partial charge in [-0.25, -0.2) is 0 Å². The summed E-state index contributed by atoms with van der Waals surface area (Å²) in [6.45, 7) is 3.87. The molecule has 2 rings (SSSR count). The van der Waals surface area contributed by atoms with Gasteiger partial charge in [-0.3, -0.25) is 9.78 Å². The van der Waals surface area contributed by atoms with E-state index in [-0.39, 0.29) is 18.4 Å².